The first-order chi connectivity index (χ1) is 3.84. The van der Waals surface area contributed by atoms with Crippen molar-refractivity contribution in [2.75, 3.05) is 0 Å². The van der Waals surface area contributed by atoms with Gasteiger partial charge >= 0.3 is 0 Å². The number of aryl methyl sites for hydroxylation is 2. The van der Waals surface area contributed by atoms with Crippen LogP contribution in [0.1, 0.15) is 12.7 Å². The van der Waals surface area contributed by atoms with Crippen LogP contribution in [0, 0.1) is 13.3 Å². The van der Waals surface area contributed by atoms with E-state index in [1.54, 1.807) is 4.68 Å². The Morgan fingerprint density at radius 1 is 1.75 bits per heavy atom. The minimum Gasteiger partial charge on any atom is -0.250 e. The number of rotatable bonds is 1. The van der Waals surface area contributed by atoms with Crippen LogP contribution in [0.25, 0.3) is 0 Å². The van der Waals surface area contributed by atoms with Crippen molar-refractivity contribution in [1.29, 1.82) is 0 Å². The largest absolute Gasteiger partial charge is 0.250 e. The Labute approximate surface area is 48.4 Å². The van der Waals surface area contributed by atoms with Gasteiger partial charge in [-0.05, 0) is 13.8 Å². The first-order valence-electron chi connectivity index (χ1n) is 2.62. The summed E-state index contributed by atoms with van der Waals surface area (Å²) in [6.45, 7) is 4.81. The summed E-state index contributed by atoms with van der Waals surface area (Å²) < 4.78 is 1.79. The second kappa shape index (κ2) is 1.94. The summed E-state index contributed by atoms with van der Waals surface area (Å²) >= 11 is 0. The molecule has 3 heteroatoms. The zero-order chi connectivity index (χ0) is 5.98. The van der Waals surface area contributed by atoms with Gasteiger partial charge in [0.25, 0.3) is 0 Å². The third-order valence-corrected chi connectivity index (χ3v) is 1.05. The second-order valence-electron chi connectivity index (χ2n) is 1.57. The van der Waals surface area contributed by atoms with Gasteiger partial charge in [-0.1, -0.05) is 0 Å². The minimum atomic E-state index is 0.877. The van der Waals surface area contributed by atoms with E-state index in [1.807, 2.05) is 13.8 Å². The maximum absolute atomic E-state index is 3.81. The van der Waals surface area contributed by atoms with Crippen LogP contribution in [0.4, 0.5) is 0 Å². The van der Waals surface area contributed by atoms with Crippen molar-refractivity contribution in [2.24, 2.45) is 0 Å². The van der Waals surface area contributed by atoms with E-state index in [0.717, 1.165) is 12.4 Å². The topological polar surface area (TPSA) is 30.7 Å². The van der Waals surface area contributed by atoms with Gasteiger partial charge in [-0.2, -0.15) is 0 Å². The Bertz CT molecular complexity index is 168. The average molecular weight is 110 g/mol. The van der Waals surface area contributed by atoms with E-state index >= 15 is 0 Å². The van der Waals surface area contributed by atoms with Crippen LogP contribution in [-0.2, 0) is 6.54 Å². The lowest BCUT2D eigenvalue weighted by Crippen LogP contribution is -1.98. The highest BCUT2D eigenvalue weighted by atomic mass is 15.3. The van der Waals surface area contributed by atoms with Crippen LogP contribution in [-0.4, -0.2) is 14.8 Å². The standard InChI is InChI=1S/C5H8N3/c1-3-8-5(2)6-4-7-8/h3H2,1-2H3. The average Bonchev–Trinajstić information content (AvgIpc) is 2.14. The lowest BCUT2D eigenvalue weighted by atomic mass is 10.6. The molecular weight excluding hydrogens is 102 g/mol. The molecule has 1 aromatic rings. The molecule has 3 nitrogen and oxygen atoms in total. The molecule has 43 valence electrons. The van der Waals surface area contributed by atoms with Gasteiger partial charge in [0.1, 0.15) is 5.82 Å². The molecule has 8 heavy (non-hydrogen) atoms. The van der Waals surface area contributed by atoms with Crippen molar-refractivity contribution < 1.29 is 0 Å². The molecule has 0 amide bonds. The van der Waals surface area contributed by atoms with Crippen LogP contribution in [0.5, 0.6) is 0 Å². The van der Waals surface area contributed by atoms with Gasteiger partial charge < -0.3 is 0 Å². The Morgan fingerprint density at radius 3 is 2.75 bits per heavy atom. The zero-order valence-electron chi connectivity index (χ0n) is 5.05. The molecule has 1 heterocycles. The van der Waals surface area contributed by atoms with Crippen molar-refractivity contribution in [3.05, 3.63) is 12.2 Å². The summed E-state index contributed by atoms with van der Waals surface area (Å²) in [6, 6.07) is 0. The van der Waals surface area contributed by atoms with Gasteiger partial charge in [0, 0.05) is 6.54 Å². The van der Waals surface area contributed by atoms with Gasteiger partial charge in [-0.3, -0.25) is 0 Å². The Kier molecular flexibility index (Phi) is 1.28. The molecule has 0 N–H and O–H groups in total. The van der Waals surface area contributed by atoms with Gasteiger partial charge in [-0.25, -0.2) is 9.67 Å². The molecule has 0 spiro atoms. The maximum Gasteiger partial charge on any atom is 0.221 e. The predicted molar refractivity (Wildman–Crippen MR) is 29.3 cm³/mol. The summed E-state index contributed by atoms with van der Waals surface area (Å²) in [7, 11) is 0. The fourth-order valence-corrected chi connectivity index (χ4v) is 0.578. The molecule has 1 radical (unpaired) electrons. The number of aromatic nitrogens is 3. The summed E-state index contributed by atoms with van der Waals surface area (Å²) in [6.07, 6.45) is 2.51. The third-order valence-electron chi connectivity index (χ3n) is 1.05. The molecule has 0 aliphatic rings. The van der Waals surface area contributed by atoms with E-state index < -0.39 is 0 Å². The lowest BCUT2D eigenvalue weighted by molar-refractivity contribution is 0.635. The van der Waals surface area contributed by atoms with Gasteiger partial charge in [-0.15, -0.1) is 5.10 Å². The Balaban J connectivity index is 2.92. The molecule has 0 atom stereocenters. The molecule has 1 aromatic heterocycles. The van der Waals surface area contributed by atoms with E-state index in [2.05, 4.69) is 16.4 Å². The van der Waals surface area contributed by atoms with E-state index in [9.17, 15) is 0 Å². The minimum absolute atomic E-state index is 0.877. The quantitative estimate of drug-likeness (QED) is 0.524. The molecular formula is C5H8N3. The van der Waals surface area contributed by atoms with Crippen molar-refractivity contribution >= 4 is 0 Å². The van der Waals surface area contributed by atoms with E-state index in [0.29, 0.717) is 0 Å². The Morgan fingerprint density at radius 2 is 2.50 bits per heavy atom. The third kappa shape index (κ3) is 0.710. The van der Waals surface area contributed by atoms with Crippen molar-refractivity contribution in [3.8, 4) is 0 Å². The van der Waals surface area contributed by atoms with Gasteiger partial charge in [0.05, 0.1) is 0 Å². The molecule has 0 aliphatic heterocycles. The maximum atomic E-state index is 3.81. The summed E-state index contributed by atoms with van der Waals surface area (Å²) in [4.78, 5) is 3.81. The zero-order valence-corrected chi connectivity index (χ0v) is 5.05. The smallest absolute Gasteiger partial charge is 0.221 e. The van der Waals surface area contributed by atoms with Crippen LogP contribution in [0.15, 0.2) is 0 Å². The summed E-state index contributed by atoms with van der Waals surface area (Å²) in [5.74, 6) is 0.924. The van der Waals surface area contributed by atoms with Crippen LogP contribution in [0.3, 0.4) is 0 Å². The molecule has 0 saturated heterocycles. The first-order valence-corrected chi connectivity index (χ1v) is 2.62. The molecule has 0 unspecified atom stereocenters. The fourth-order valence-electron chi connectivity index (χ4n) is 0.578. The molecule has 0 aliphatic carbocycles. The molecule has 0 saturated carbocycles. The highest BCUT2D eigenvalue weighted by Crippen LogP contribution is 1.86. The van der Waals surface area contributed by atoms with Crippen molar-refractivity contribution in [3.63, 3.8) is 0 Å². The fraction of sp³-hybridized carbons (Fsp3) is 0.600. The highest BCUT2D eigenvalue weighted by molar-refractivity contribution is 4.75. The molecule has 0 bridgehead atoms. The van der Waals surface area contributed by atoms with Crippen molar-refractivity contribution in [2.45, 2.75) is 20.4 Å². The van der Waals surface area contributed by atoms with E-state index in [1.165, 1.54) is 0 Å². The van der Waals surface area contributed by atoms with Gasteiger partial charge in [0.2, 0.25) is 6.33 Å². The van der Waals surface area contributed by atoms with E-state index in [-0.39, 0.29) is 0 Å². The van der Waals surface area contributed by atoms with Gasteiger partial charge in [0.15, 0.2) is 0 Å². The second-order valence-corrected chi connectivity index (χ2v) is 1.57. The predicted octanol–water partition coefficient (Wildman–Crippen LogP) is 0.407. The lowest BCUT2D eigenvalue weighted by Gasteiger charge is -1.92. The number of hydrogen-bond donors (Lipinski definition) is 0. The van der Waals surface area contributed by atoms with Crippen LogP contribution in [0.2, 0.25) is 0 Å². The summed E-state index contributed by atoms with van der Waals surface area (Å²) in [5.41, 5.74) is 0. The molecule has 0 aromatic carbocycles. The molecule has 1 rings (SSSR count). The SMILES string of the molecule is CCn1n[c]nc1C. The summed E-state index contributed by atoms with van der Waals surface area (Å²) in [5, 5.41) is 3.81. The van der Waals surface area contributed by atoms with Crippen molar-refractivity contribution in [1.82, 2.24) is 14.8 Å². The monoisotopic (exact) mass is 110 g/mol. The highest BCUT2D eigenvalue weighted by Gasteiger charge is 1.91. The van der Waals surface area contributed by atoms with Crippen LogP contribution < -0.4 is 0 Å². The normalized spacial score (nSPS) is 9.75. The number of nitrogens with zero attached hydrogens (tertiary/aromatic N) is 3. The number of hydrogen-bond acceptors (Lipinski definition) is 2. The Hall–Kier alpha value is -0.860. The molecule has 0 fully saturated rings. The van der Waals surface area contributed by atoms with Crippen LogP contribution >= 0.6 is 0 Å². The first kappa shape index (κ1) is 5.28. The van der Waals surface area contributed by atoms with E-state index in [4.69, 9.17) is 0 Å².